The molecule has 1 atom stereocenters. The normalized spacial score (nSPS) is 19.3. The Morgan fingerprint density at radius 3 is 2.17 bits per heavy atom. The van der Waals surface area contributed by atoms with E-state index in [1.54, 1.807) is 4.90 Å². The number of piperazine rings is 1. The largest absolute Gasteiger partial charge is 0.353 e. The van der Waals surface area contributed by atoms with Crippen LogP contribution in [0.2, 0.25) is 0 Å². The first-order valence-corrected chi connectivity index (χ1v) is 10.4. The number of carbonyl (C=O) groups excluding carboxylic acids is 2. The summed E-state index contributed by atoms with van der Waals surface area (Å²) in [5, 5.41) is 13.9. The molecule has 3 rings (SSSR count). The molecule has 0 unspecified atom stereocenters. The average molecular weight is 402 g/mol. The lowest BCUT2D eigenvalue weighted by molar-refractivity contribution is -0.384. The van der Waals surface area contributed by atoms with Gasteiger partial charge in [0, 0.05) is 49.9 Å². The fourth-order valence-corrected chi connectivity index (χ4v) is 4.43. The number of nitro groups is 1. The van der Waals surface area contributed by atoms with E-state index >= 15 is 0 Å². The summed E-state index contributed by atoms with van der Waals surface area (Å²) < 4.78 is 0. The molecule has 1 aromatic carbocycles. The summed E-state index contributed by atoms with van der Waals surface area (Å²) in [7, 11) is 0. The fraction of sp³-hybridized carbons (Fsp3) is 0.619. The van der Waals surface area contributed by atoms with Gasteiger partial charge in [-0.2, -0.15) is 0 Å². The minimum Gasteiger partial charge on any atom is -0.353 e. The van der Waals surface area contributed by atoms with Crippen LogP contribution in [0.4, 0.5) is 5.69 Å². The summed E-state index contributed by atoms with van der Waals surface area (Å²) in [6.07, 6.45) is 4.51. The number of non-ortho nitro benzene ring substituents is 1. The molecule has 2 amide bonds. The first-order chi connectivity index (χ1) is 13.9. The number of rotatable bonds is 6. The Labute approximate surface area is 171 Å². The molecule has 0 radical (unpaired) electrons. The number of amides is 2. The molecular weight excluding hydrogens is 372 g/mol. The Morgan fingerprint density at radius 2 is 1.66 bits per heavy atom. The van der Waals surface area contributed by atoms with Crippen LogP contribution in [0.3, 0.4) is 0 Å². The fourth-order valence-electron chi connectivity index (χ4n) is 4.43. The SMILES string of the molecule is CC(C)NC(=O)[C@H](C1CCCC1)N1CCN(C(=O)c2ccc([N+](=O)[O-])cc2)CC1. The molecule has 29 heavy (non-hydrogen) atoms. The zero-order chi connectivity index (χ0) is 21.0. The van der Waals surface area contributed by atoms with Crippen molar-refractivity contribution in [2.24, 2.45) is 5.92 Å². The predicted molar refractivity (Wildman–Crippen MR) is 110 cm³/mol. The number of hydrogen-bond acceptors (Lipinski definition) is 5. The number of benzene rings is 1. The van der Waals surface area contributed by atoms with Crippen LogP contribution >= 0.6 is 0 Å². The van der Waals surface area contributed by atoms with Gasteiger partial charge in [-0.15, -0.1) is 0 Å². The van der Waals surface area contributed by atoms with E-state index in [-0.39, 0.29) is 29.6 Å². The third-order valence-electron chi connectivity index (χ3n) is 5.87. The topological polar surface area (TPSA) is 95.8 Å². The minimum atomic E-state index is -0.474. The summed E-state index contributed by atoms with van der Waals surface area (Å²) in [5.74, 6) is 0.358. The summed E-state index contributed by atoms with van der Waals surface area (Å²) >= 11 is 0. The summed E-state index contributed by atoms with van der Waals surface area (Å²) in [6, 6.07) is 5.70. The van der Waals surface area contributed by atoms with E-state index in [9.17, 15) is 19.7 Å². The van der Waals surface area contributed by atoms with Crippen LogP contribution in [0.5, 0.6) is 0 Å². The molecule has 1 saturated heterocycles. The van der Waals surface area contributed by atoms with Crippen LogP contribution < -0.4 is 5.32 Å². The second-order valence-electron chi connectivity index (χ2n) is 8.28. The molecule has 8 nitrogen and oxygen atoms in total. The van der Waals surface area contributed by atoms with Crippen molar-refractivity contribution in [3.05, 3.63) is 39.9 Å². The monoisotopic (exact) mass is 402 g/mol. The third-order valence-corrected chi connectivity index (χ3v) is 5.87. The lowest BCUT2D eigenvalue weighted by atomic mass is 9.94. The Hall–Kier alpha value is -2.48. The van der Waals surface area contributed by atoms with E-state index in [1.165, 1.54) is 37.1 Å². The zero-order valence-electron chi connectivity index (χ0n) is 17.2. The highest BCUT2D eigenvalue weighted by Gasteiger charge is 2.37. The maximum absolute atomic E-state index is 12.9. The van der Waals surface area contributed by atoms with Crippen molar-refractivity contribution >= 4 is 17.5 Å². The first kappa shape index (κ1) is 21.2. The van der Waals surface area contributed by atoms with Gasteiger partial charge in [-0.1, -0.05) is 12.8 Å². The number of nitro benzene ring substituents is 1. The molecule has 0 aromatic heterocycles. The lowest BCUT2D eigenvalue weighted by Crippen LogP contribution is -2.58. The van der Waals surface area contributed by atoms with Crippen LogP contribution in [0.1, 0.15) is 49.9 Å². The second-order valence-corrected chi connectivity index (χ2v) is 8.28. The molecular formula is C21H30N4O4. The first-order valence-electron chi connectivity index (χ1n) is 10.4. The van der Waals surface area contributed by atoms with Crippen LogP contribution in [0.15, 0.2) is 24.3 Å². The van der Waals surface area contributed by atoms with Gasteiger partial charge in [0.2, 0.25) is 5.91 Å². The van der Waals surface area contributed by atoms with E-state index in [2.05, 4.69) is 10.2 Å². The van der Waals surface area contributed by atoms with Crippen molar-refractivity contribution in [1.29, 1.82) is 0 Å². The zero-order valence-corrected chi connectivity index (χ0v) is 17.2. The number of nitrogens with zero attached hydrogens (tertiary/aromatic N) is 3. The highest BCUT2D eigenvalue weighted by atomic mass is 16.6. The van der Waals surface area contributed by atoms with Gasteiger partial charge in [-0.05, 0) is 44.7 Å². The van der Waals surface area contributed by atoms with Gasteiger partial charge in [-0.25, -0.2) is 0 Å². The van der Waals surface area contributed by atoms with Crippen LogP contribution in [0.25, 0.3) is 0 Å². The highest BCUT2D eigenvalue weighted by Crippen LogP contribution is 2.31. The number of nitrogens with one attached hydrogen (secondary N) is 1. The Balaban J connectivity index is 1.63. The molecule has 2 aliphatic rings. The summed E-state index contributed by atoms with van der Waals surface area (Å²) in [6.45, 7) is 6.37. The number of carbonyl (C=O) groups is 2. The van der Waals surface area contributed by atoms with Gasteiger partial charge < -0.3 is 10.2 Å². The smallest absolute Gasteiger partial charge is 0.269 e. The van der Waals surface area contributed by atoms with Crippen molar-refractivity contribution < 1.29 is 14.5 Å². The van der Waals surface area contributed by atoms with E-state index in [4.69, 9.17) is 0 Å². The van der Waals surface area contributed by atoms with E-state index in [1.807, 2.05) is 13.8 Å². The van der Waals surface area contributed by atoms with Gasteiger partial charge in [0.15, 0.2) is 0 Å². The van der Waals surface area contributed by atoms with Gasteiger partial charge in [0.05, 0.1) is 11.0 Å². The summed E-state index contributed by atoms with van der Waals surface area (Å²) in [4.78, 5) is 39.9. The average Bonchev–Trinajstić information content (AvgIpc) is 3.22. The third kappa shape index (κ3) is 5.12. The van der Waals surface area contributed by atoms with Crippen molar-refractivity contribution in [1.82, 2.24) is 15.1 Å². The highest BCUT2D eigenvalue weighted by molar-refractivity contribution is 5.94. The molecule has 1 aliphatic heterocycles. The number of hydrogen-bond donors (Lipinski definition) is 1. The molecule has 2 fully saturated rings. The van der Waals surface area contributed by atoms with Crippen molar-refractivity contribution in [2.75, 3.05) is 26.2 Å². The molecule has 0 spiro atoms. The Morgan fingerprint density at radius 1 is 1.07 bits per heavy atom. The van der Waals surface area contributed by atoms with E-state index in [0.717, 1.165) is 12.8 Å². The second kappa shape index (κ2) is 9.35. The molecule has 1 N–H and O–H groups in total. The van der Waals surface area contributed by atoms with Gasteiger partial charge in [0.25, 0.3) is 11.6 Å². The quantitative estimate of drug-likeness (QED) is 0.582. The predicted octanol–water partition coefficient (Wildman–Crippen LogP) is 2.44. The van der Waals surface area contributed by atoms with Gasteiger partial charge >= 0.3 is 0 Å². The van der Waals surface area contributed by atoms with Gasteiger partial charge in [0.1, 0.15) is 0 Å². The van der Waals surface area contributed by atoms with E-state index in [0.29, 0.717) is 37.7 Å². The molecule has 1 aliphatic carbocycles. The molecule has 1 saturated carbocycles. The minimum absolute atomic E-state index is 0.0260. The van der Waals surface area contributed by atoms with E-state index < -0.39 is 4.92 Å². The molecule has 158 valence electrons. The van der Waals surface area contributed by atoms with Crippen molar-refractivity contribution in [2.45, 2.75) is 51.6 Å². The van der Waals surface area contributed by atoms with Crippen molar-refractivity contribution in [3.63, 3.8) is 0 Å². The van der Waals surface area contributed by atoms with Gasteiger partial charge in [-0.3, -0.25) is 24.6 Å². The van der Waals surface area contributed by atoms with Crippen LogP contribution in [0, 0.1) is 16.0 Å². The van der Waals surface area contributed by atoms with Crippen LogP contribution in [-0.2, 0) is 4.79 Å². The Kier molecular flexibility index (Phi) is 6.84. The molecule has 0 bridgehead atoms. The maximum atomic E-state index is 12.9. The Bertz CT molecular complexity index is 736. The lowest BCUT2D eigenvalue weighted by Gasteiger charge is -2.41. The molecule has 1 aromatic rings. The van der Waals surface area contributed by atoms with Crippen LogP contribution in [-0.4, -0.2) is 64.8 Å². The molecule has 8 heteroatoms. The standard InChI is InChI=1S/C21H30N4O4/c1-15(2)22-20(26)19(16-5-3-4-6-16)23-11-13-24(14-12-23)21(27)17-7-9-18(10-8-17)25(28)29/h7-10,15-16,19H,3-6,11-14H2,1-2H3,(H,22,26)/t19-/m0/s1. The maximum Gasteiger partial charge on any atom is 0.269 e. The molecule has 1 heterocycles. The van der Waals surface area contributed by atoms with Crippen molar-refractivity contribution in [3.8, 4) is 0 Å². The summed E-state index contributed by atoms with van der Waals surface area (Å²) in [5.41, 5.74) is 0.427.